The molecule has 0 aromatic rings. The lowest BCUT2D eigenvalue weighted by molar-refractivity contribution is 0.357. The van der Waals surface area contributed by atoms with Crippen LogP contribution in [0.3, 0.4) is 0 Å². The predicted molar refractivity (Wildman–Crippen MR) is 44.0 cm³/mol. The molecule has 1 unspecified atom stereocenters. The number of hydrogen-bond acceptors (Lipinski definition) is 0. The number of nitrogens with zero attached hydrogens (tertiary/aromatic N) is 1. The molecular weight excluding hydrogens is 122 g/mol. The summed E-state index contributed by atoms with van der Waals surface area (Å²) in [6.07, 6.45) is 4.12. The Morgan fingerprint density at radius 2 is 2.10 bits per heavy atom. The van der Waals surface area contributed by atoms with Crippen LogP contribution in [0.4, 0.5) is 0 Å². The molecule has 0 N–H and O–H groups in total. The zero-order chi connectivity index (χ0) is 7.40. The molecule has 1 aliphatic heterocycles. The Hall–Kier alpha value is -0.0400. The molecule has 1 rings (SSSR count). The Labute approximate surface area is 64.2 Å². The summed E-state index contributed by atoms with van der Waals surface area (Å²) >= 11 is 0. The fourth-order valence-electron chi connectivity index (χ4n) is 1.52. The van der Waals surface area contributed by atoms with Crippen molar-refractivity contribution in [1.82, 2.24) is 5.32 Å². The zero-order valence-corrected chi connectivity index (χ0v) is 7.14. The Morgan fingerprint density at radius 1 is 1.30 bits per heavy atom. The van der Waals surface area contributed by atoms with Crippen LogP contribution in [0, 0.1) is 11.8 Å². The normalized spacial score (nSPS) is 28.5. The Bertz CT molecular complexity index is 80.7. The van der Waals surface area contributed by atoms with Gasteiger partial charge in [-0.15, -0.1) is 0 Å². The molecule has 0 saturated carbocycles. The highest BCUT2D eigenvalue weighted by Gasteiger charge is 2.15. The largest absolute Gasteiger partial charge is 0.241 e. The molecule has 0 aliphatic carbocycles. The van der Waals surface area contributed by atoms with Crippen molar-refractivity contribution in [1.29, 1.82) is 0 Å². The van der Waals surface area contributed by atoms with Gasteiger partial charge < -0.3 is 0 Å². The minimum atomic E-state index is 0.835. The van der Waals surface area contributed by atoms with E-state index in [4.69, 9.17) is 0 Å². The summed E-state index contributed by atoms with van der Waals surface area (Å²) in [5.41, 5.74) is 0. The van der Waals surface area contributed by atoms with Crippen LogP contribution in [-0.4, -0.2) is 13.1 Å². The lowest BCUT2D eigenvalue weighted by Crippen LogP contribution is -2.18. The van der Waals surface area contributed by atoms with Gasteiger partial charge >= 0.3 is 0 Å². The summed E-state index contributed by atoms with van der Waals surface area (Å²) in [4.78, 5) is 0. The van der Waals surface area contributed by atoms with Crippen LogP contribution in [0.2, 0.25) is 0 Å². The molecule has 1 radical (unpaired) electrons. The van der Waals surface area contributed by atoms with E-state index in [0.29, 0.717) is 0 Å². The average Bonchev–Trinajstić information content (AvgIpc) is 2.12. The first-order valence-corrected chi connectivity index (χ1v) is 4.44. The summed E-state index contributed by atoms with van der Waals surface area (Å²) in [7, 11) is 0. The van der Waals surface area contributed by atoms with Gasteiger partial charge in [-0.1, -0.05) is 20.3 Å². The van der Waals surface area contributed by atoms with E-state index >= 15 is 0 Å². The van der Waals surface area contributed by atoms with Gasteiger partial charge in [0.05, 0.1) is 0 Å². The fourth-order valence-corrected chi connectivity index (χ4v) is 1.52. The molecule has 1 heteroatoms. The second-order valence-corrected chi connectivity index (χ2v) is 3.63. The Balaban J connectivity index is 2.28. The lowest BCUT2D eigenvalue weighted by atomic mass is 9.92. The number of rotatable bonds is 1. The molecule has 1 heterocycles. The van der Waals surface area contributed by atoms with Gasteiger partial charge in [-0.3, -0.25) is 0 Å². The van der Waals surface area contributed by atoms with Crippen LogP contribution >= 0.6 is 0 Å². The first-order valence-electron chi connectivity index (χ1n) is 4.44. The summed E-state index contributed by atoms with van der Waals surface area (Å²) < 4.78 is 0. The van der Waals surface area contributed by atoms with Crippen molar-refractivity contribution in [2.75, 3.05) is 13.1 Å². The lowest BCUT2D eigenvalue weighted by Gasteiger charge is -2.16. The molecular formula is C9H18N. The van der Waals surface area contributed by atoms with Crippen molar-refractivity contribution >= 4 is 0 Å². The maximum Gasteiger partial charge on any atom is 0.0164 e. The molecule has 1 aliphatic rings. The highest BCUT2D eigenvalue weighted by molar-refractivity contribution is 4.69. The molecule has 0 amide bonds. The van der Waals surface area contributed by atoms with Crippen LogP contribution in [0.15, 0.2) is 0 Å². The van der Waals surface area contributed by atoms with Gasteiger partial charge in [-0.25, -0.2) is 5.32 Å². The summed E-state index contributed by atoms with van der Waals surface area (Å²) in [6.45, 7) is 6.86. The Kier molecular flexibility index (Phi) is 3.20. The van der Waals surface area contributed by atoms with Crippen molar-refractivity contribution in [2.24, 2.45) is 11.8 Å². The zero-order valence-electron chi connectivity index (χ0n) is 7.14. The van der Waals surface area contributed by atoms with E-state index in [-0.39, 0.29) is 0 Å². The van der Waals surface area contributed by atoms with E-state index in [9.17, 15) is 0 Å². The van der Waals surface area contributed by atoms with Gasteiger partial charge in [0.2, 0.25) is 0 Å². The van der Waals surface area contributed by atoms with Crippen molar-refractivity contribution < 1.29 is 0 Å². The van der Waals surface area contributed by atoms with Crippen LogP contribution in [0.25, 0.3) is 0 Å². The summed E-state index contributed by atoms with van der Waals surface area (Å²) in [5, 5.41) is 4.47. The van der Waals surface area contributed by atoms with E-state index in [2.05, 4.69) is 19.2 Å². The maximum atomic E-state index is 4.47. The molecule has 0 spiro atoms. The van der Waals surface area contributed by atoms with E-state index in [1.807, 2.05) is 0 Å². The van der Waals surface area contributed by atoms with Crippen LogP contribution in [0.5, 0.6) is 0 Å². The second-order valence-electron chi connectivity index (χ2n) is 3.63. The van der Waals surface area contributed by atoms with Crippen molar-refractivity contribution in [3.05, 3.63) is 0 Å². The van der Waals surface area contributed by atoms with Crippen molar-refractivity contribution in [3.63, 3.8) is 0 Å². The predicted octanol–water partition coefficient (Wildman–Crippen LogP) is 2.05. The maximum absolute atomic E-state index is 4.47. The minimum absolute atomic E-state index is 0.835. The molecule has 10 heavy (non-hydrogen) atoms. The highest BCUT2D eigenvalue weighted by Crippen LogP contribution is 2.19. The fraction of sp³-hybridized carbons (Fsp3) is 1.00. The third-order valence-corrected chi connectivity index (χ3v) is 2.45. The molecule has 1 nitrogen and oxygen atoms in total. The van der Waals surface area contributed by atoms with Gasteiger partial charge in [0.1, 0.15) is 0 Å². The van der Waals surface area contributed by atoms with Crippen molar-refractivity contribution in [2.45, 2.75) is 33.1 Å². The van der Waals surface area contributed by atoms with Crippen LogP contribution < -0.4 is 5.32 Å². The minimum Gasteiger partial charge on any atom is -0.241 e. The molecule has 1 saturated heterocycles. The standard InChI is InChI=1S/C9H18N/c1-8(2)9-5-3-4-6-10-7-9/h8-9H,3-7H2,1-2H3. The quantitative estimate of drug-likeness (QED) is 0.529. The van der Waals surface area contributed by atoms with E-state index in [0.717, 1.165) is 24.9 Å². The van der Waals surface area contributed by atoms with E-state index in [1.54, 1.807) is 0 Å². The topological polar surface area (TPSA) is 14.1 Å². The van der Waals surface area contributed by atoms with E-state index < -0.39 is 0 Å². The highest BCUT2D eigenvalue weighted by atomic mass is 14.9. The van der Waals surface area contributed by atoms with Crippen LogP contribution in [0.1, 0.15) is 33.1 Å². The first-order chi connectivity index (χ1) is 4.80. The second kappa shape index (κ2) is 3.97. The molecule has 1 atom stereocenters. The molecule has 0 aromatic carbocycles. The summed E-state index contributed by atoms with van der Waals surface area (Å²) in [5.74, 6) is 1.71. The third kappa shape index (κ3) is 2.30. The SMILES string of the molecule is CC(C)C1CCCC[N]C1. The van der Waals surface area contributed by atoms with Crippen LogP contribution in [-0.2, 0) is 0 Å². The van der Waals surface area contributed by atoms with Gasteiger partial charge in [0, 0.05) is 13.1 Å². The van der Waals surface area contributed by atoms with Gasteiger partial charge in [-0.2, -0.15) is 0 Å². The van der Waals surface area contributed by atoms with Gasteiger partial charge in [0.25, 0.3) is 0 Å². The van der Waals surface area contributed by atoms with E-state index in [1.165, 1.54) is 19.3 Å². The smallest absolute Gasteiger partial charge is 0.0164 e. The molecule has 0 bridgehead atoms. The third-order valence-electron chi connectivity index (χ3n) is 2.45. The van der Waals surface area contributed by atoms with Crippen molar-refractivity contribution in [3.8, 4) is 0 Å². The van der Waals surface area contributed by atoms with Gasteiger partial charge in [0.15, 0.2) is 0 Å². The Morgan fingerprint density at radius 3 is 2.80 bits per heavy atom. The summed E-state index contributed by atoms with van der Waals surface area (Å²) in [6, 6.07) is 0. The molecule has 0 aromatic heterocycles. The number of hydrogen-bond donors (Lipinski definition) is 0. The first kappa shape index (κ1) is 8.06. The molecule has 59 valence electrons. The molecule has 1 fully saturated rings. The van der Waals surface area contributed by atoms with Gasteiger partial charge in [-0.05, 0) is 24.7 Å². The average molecular weight is 140 g/mol. The monoisotopic (exact) mass is 140 g/mol.